The van der Waals surface area contributed by atoms with Crippen molar-refractivity contribution in [1.29, 1.82) is 0 Å². The third kappa shape index (κ3) is 2.51. The average Bonchev–Trinajstić information content (AvgIpc) is 2.18. The second-order valence-corrected chi connectivity index (χ2v) is 3.30. The van der Waals surface area contributed by atoms with Gasteiger partial charge in [-0.05, 0) is 12.1 Å². The molecule has 0 atom stereocenters. The molecule has 0 amide bonds. The Morgan fingerprint density at radius 2 is 2.21 bits per heavy atom. The molecule has 0 spiro atoms. The number of anilines is 1. The minimum atomic E-state index is -0.276. The highest BCUT2D eigenvalue weighted by atomic mass is 35.5. The number of hydrogen-bond donors (Lipinski definition) is 0. The van der Waals surface area contributed by atoms with Gasteiger partial charge in [0.2, 0.25) is 0 Å². The van der Waals surface area contributed by atoms with Crippen molar-refractivity contribution in [3.8, 4) is 5.75 Å². The monoisotopic (exact) mass is 217 g/mol. The Morgan fingerprint density at radius 3 is 2.79 bits per heavy atom. The smallest absolute Gasteiger partial charge is 0.142 e. The lowest BCUT2D eigenvalue weighted by Gasteiger charge is -2.20. The molecule has 1 aromatic carbocycles. The van der Waals surface area contributed by atoms with Gasteiger partial charge in [-0.1, -0.05) is 0 Å². The van der Waals surface area contributed by atoms with Crippen molar-refractivity contribution in [1.82, 2.24) is 0 Å². The van der Waals surface area contributed by atoms with E-state index in [0.29, 0.717) is 23.9 Å². The molecule has 2 nitrogen and oxygen atoms in total. The summed E-state index contributed by atoms with van der Waals surface area (Å²) in [5, 5.41) is 0. The summed E-state index contributed by atoms with van der Waals surface area (Å²) in [6.45, 7) is 0.654. The lowest BCUT2D eigenvalue weighted by atomic mass is 10.2. The summed E-state index contributed by atoms with van der Waals surface area (Å²) in [6, 6.07) is 4.41. The van der Waals surface area contributed by atoms with Crippen LogP contribution < -0.4 is 9.64 Å². The molecule has 0 N–H and O–H groups in total. The molecule has 0 aromatic heterocycles. The van der Waals surface area contributed by atoms with Crippen molar-refractivity contribution < 1.29 is 9.13 Å². The Morgan fingerprint density at radius 1 is 1.50 bits per heavy atom. The van der Waals surface area contributed by atoms with Gasteiger partial charge in [-0.3, -0.25) is 0 Å². The Labute approximate surface area is 88.2 Å². The third-order valence-corrected chi connectivity index (χ3v) is 2.14. The van der Waals surface area contributed by atoms with Crippen LogP contribution in [0.15, 0.2) is 18.2 Å². The first kappa shape index (κ1) is 11.1. The Kier molecular flexibility index (Phi) is 4.01. The molecule has 1 aromatic rings. The van der Waals surface area contributed by atoms with Crippen molar-refractivity contribution in [2.24, 2.45) is 0 Å². The minimum Gasteiger partial charge on any atom is -0.495 e. The quantitative estimate of drug-likeness (QED) is 0.719. The molecule has 78 valence electrons. The summed E-state index contributed by atoms with van der Waals surface area (Å²) >= 11 is 5.61. The van der Waals surface area contributed by atoms with E-state index in [2.05, 4.69) is 0 Å². The first-order valence-electron chi connectivity index (χ1n) is 4.29. The lowest BCUT2D eigenvalue weighted by Crippen LogP contribution is -2.20. The molecule has 0 bridgehead atoms. The van der Waals surface area contributed by atoms with Gasteiger partial charge in [-0.15, -0.1) is 11.6 Å². The first-order valence-corrected chi connectivity index (χ1v) is 4.83. The number of hydrogen-bond acceptors (Lipinski definition) is 2. The number of nitrogens with zero attached hydrogens (tertiary/aromatic N) is 1. The zero-order valence-corrected chi connectivity index (χ0v) is 9.01. The highest BCUT2D eigenvalue weighted by molar-refractivity contribution is 6.18. The van der Waals surface area contributed by atoms with E-state index in [0.717, 1.165) is 0 Å². The SMILES string of the molecule is COc1ccc(F)cc1N(C)CCCl. The molecule has 0 aliphatic rings. The summed E-state index contributed by atoms with van der Waals surface area (Å²) in [7, 11) is 3.41. The van der Waals surface area contributed by atoms with Gasteiger partial charge in [-0.2, -0.15) is 0 Å². The third-order valence-electron chi connectivity index (χ3n) is 1.97. The van der Waals surface area contributed by atoms with E-state index in [1.807, 2.05) is 11.9 Å². The molecular weight excluding hydrogens is 205 g/mol. The number of halogens is 2. The maximum Gasteiger partial charge on any atom is 0.142 e. The molecule has 0 heterocycles. The Bertz CT molecular complexity index is 306. The maximum absolute atomic E-state index is 13.0. The number of methoxy groups -OCH3 is 1. The van der Waals surface area contributed by atoms with Crippen LogP contribution >= 0.6 is 11.6 Å². The molecule has 0 fully saturated rings. The molecule has 14 heavy (non-hydrogen) atoms. The van der Waals surface area contributed by atoms with Gasteiger partial charge >= 0.3 is 0 Å². The number of ether oxygens (including phenoxy) is 1. The van der Waals surface area contributed by atoms with Crippen LogP contribution in [-0.4, -0.2) is 26.6 Å². The van der Waals surface area contributed by atoms with Crippen LogP contribution in [0.5, 0.6) is 5.75 Å². The van der Waals surface area contributed by atoms with Gasteiger partial charge in [0.15, 0.2) is 0 Å². The van der Waals surface area contributed by atoms with E-state index in [9.17, 15) is 4.39 Å². The van der Waals surface area contributed by atoms with Crippen molar-refractivity contribution >= 4 is 17.3 Å². The van der Waals surface area contributed by atoms with Crippen LogP contribution in [0.4, 0.5) is 10.1 Å². The highest BCUT2D eigenvalue weighted by Crippen LogP contribution is 2.27. The van der Waals surface area contributed by atoms with Gasteiger partial charge in [0.05, 0.1) is 12.8 Å². The molecule has 0 aliphatic carbocycles. The van der Waals surface area contributed by atoms with Crippen molar-refractivity contribution in [2.75, 3.05) is 31.5 Å². The Hall–Kier alpha value is -0.960. The van der Waals surface area contributed by atoms with Crippen LogP contribution in [0.3, 0.4) is 0 Å². The van der Waals surface area contributed by atoms with E-state index in [-0.39, 0.29) is 5.82 Å². The summed E-state index contributed by atoms with van der Waals surface area (Å²) in [6.07, 6.45) is 0. The van der Waals surface area contributed by atoms with Crippen LogP contribution in [0.1, 0.15) is 0 Å². The zero-order chi connectivity index (χ0) is 10.6. The van der Waals surface area contributed by atoms with E-state index >= 15 is 0 Å². The van der Waals surface area contributed by atoms with Gasteiger partial charge in [0, 0.05) is 25.5 Å². The standard InChI is InChI=1S/C10H13ClFNO/c1-13(6-5-11)9-7-8(12)3-4-10(9)14-2/h3-4,7H,5-6H2,1-2H3. The summed E-state index contributed by atoms with van der Waals surface area (Å²) in [5.41, 5.74) is 0.716. The molecule has 0 saturated heterocycles. The fourth-order valence-electron chi connectivity index (χ4n) is 1.21. The van der Waals surface area contributed by atoms with Crippen molar-refractivity contribution in [2.45, 2.75) is 0 Å². The number of rotatable bonds is 4. The van der Waals surface area contributed by atoms with Gasteiger partial charge in [-0.25, -0.2) is 4.39 Å². The largest absolute Gasteiger partial charge is 0.495 e. The molecule has 4 heteroatoms. The van der Waals surface area contributed by atoms with E-state index in [1.165, 1.54) is 12.1 Å². The van der Waals surface area contributed by atoms with E-state index in [4.69, 9.17) is 16.3 Å². The van der Waals surface area contributed by atoms with E-state index < -0.39 is 0 Å². The number of alkyl halides is 1. The topological polar surface area (TPSA) is 12.5 Å². The molecule has 0 radical (unpaired) electrons. The van der Waals surface area contributed by atoms with Gasteiger partial charge < -0.3 is 9.64 Å². The van der Waals surface area contributed by atoms with Crippen LogP contribution in [-0.2, 0) is 0 Å². The second kappa shape index (κ2) is 5.05. The average molecular weight is 218 g/mol. The molecule has 0 saturated carbocycles. The van der Waals surface area contributed by atoms with Gasteiger partial charge in [0.25, 0.3) is 0 Å². The minimum absolute atomic E-state index is 0.276. The van der Waals surface area contributed by atoms with Crippen LogP contribution in [0, 0.1) is 5.82 Å². The summed E-state index contributed by atoms with van der Waals surface area (Å²) < 4.78 is 18.1. The molecule has 0 unspecified atom stereocenters. The van der Waals surface area contributed by atoms with Crippen LogP contribution in [0.2, 0.25) is 0 Å². The maximum atomic E-state index is 13.0. The van der Waals surface area contributed by atoms with Crippen molar-refractivity contribution in [3.63, 3.8) is 0 Å². The lowest BCUT2D eigenvalue weighted by molar-refractivity contribution is 0.414. The predicted molar refractivity (Wildman–Crippen MR) is 56.9 cm³/mol. The fraction of sp³-hybridized carbons (Fsp3) is 0.400. The van der Waals surface area contributed by atoms with Crippen molar-refractivity contribution in [3.05, 3.63) is 24.0 Å². The zero-order valence-electron chi connectivity index (χ0n) is 8.26. The van der Waals surface area contributed by atoms with Crippen LogP contribution in [0.25, 0.3) is 0 Å². The molecular formula is C10H13ClFNO. The predicted octanol–water partition coefficient (Wildman–Crippen LogP) is 2.51. The molecule has 0 aliphatic heterocycles. The van der Waals surface area contributed by atoms with Gasteiger partial charge in [0.1, 0.15) is 11.6 Å². The highest BCUT2D eigenvalue weighted by Gasteiger charge is 2.08. The molecule has 1 rings (SSSR count). The first-order chi connectivity index (χ1) is 6.69. The number of benzene rings is 1. The Balaban J connectivity index is 2.97. The normalized spacial score (nSPS) is 10.0. The second-order valence-electron chi connectivity index (χ2n) is 2.93. The summed E-state index contributed by atoms with van der Waals surface area (Å²) in [4.78, 5) is 1.86. The summed E-state index contributed by atoms with van der Waals surface area (Å²) in [5.74, 6) is 0.872. The van der Waals surface area contributed by atoms with E-state index in [1.54, 1.807) is 13.2 Å². The fourth-order valence-corrected chi connectivity index (χ4v) is 1.46.